The highest BCUT2D eigenvalue weighted by Gasteiger charge is 2.19. The second kappa shape index (κ2) is 5.55. The van der Waals surface area contributed by atoms with Gasteiger partial charge in [-0.15, -0.1) is 0 Å². The van der Waals surface area contributed by atoms with Crippen LogP contribution in [0.25, 0.3) is 0 Å². The minimum absolute atomic E-state index is 0.0495. The van der Waals surface area contributed by atoms with Crippen molar-refractivity contribution >= 4 is 17.9 Å². The first-order chi connectivity index (χ1) is 7.52. The molecule has 0 spiro atoms. The van der Waals surface area contributed by atoms with Crippen molar-refractivity contribution in [2.75, 3.05) is 38.6 Å². The van der Waals surface area contributed by atoms with E-state index in [4.69, 9.17) is 12.2 Å². The van der Waals surface area contributed by atoms with E-state index in [1.165, 1.54) is 0 Å². The van der Waals surface area contributed by atoms with Gasteiger partial charge in [-0.2, -0.15) is 0 Å². The zero-order valence-corrected chi connectivity index (χ0v) is 11.4. The van der Waals surface area contributed by atoms with E-state index < -0.39 is 0 Å². The molecule has 0 amide bonds. The predicted molar refractivity (Wildman–Crippen MR) is 71.7 cm³/mol. The summed E-state index contributed by atoms with van der Waals surface area (Å²) in [6.45, 7) is 7.03. The largest absolute Gasteiger partial charge is 0.370 e. The molecule has 0 bridgehead atoms. The summed E-state index contributed by atoms with van der Waals surface area (Å²) in [7, 11) is 4.05. The van der Waals surface area contributed by atoms with Gasteiger partial charge >= 0.3 is 0 Å². The molecule has 1 aromatic rings. The monoisotopic (exact) mass is 240 g/mol. The molecule has 0 heterocycles. The smallest absolute Gasteiger partial charge is 0.220 e. The third-order valence-corrected chi connectivity index (χ3v) is 3.51. The second-order valence-electron chi connectivity index (χ2n) is 4.16. The Morgan fingerprint density at radius 1 is 1.19 bits per heavy atom. The molecule has 0 aliphatic heterocycles. The van der Waals surface area contributed by atoms with Crippen molar-refractivity contribution < 1.29 is 0 Å². The van der Waals surface area contributed by atoms with Crippen molar-refractivity contribution in [1.29, 1.82) is 0 Å². The highest BCUT2D eigenvalue weighted by Crippen LogP contribution is 2.20. The summed E-state index contributed by atoms with van der Waals surface area (Å²) in [6, 6.07) is 0. The zero-order valence-electron chi connectivity index (χ0n) is 10.5. The molecule has 1 aromatic carbocycles. The average Bonchev–Trinajstić information content (AvgIpc) is 2.30. The standard InChI is InChI=1S/C12H20N2OS/c1-5-9-10(11(15)12(9)16)14(4)8-7-13(3)6-2/h5-8H2,1-4H3. The lowest BCUT2D eigenvalue weighted by Crippen LogP contribution is -2.36. The summed E-state index contributed by atoms with van der Waals surface area (Å²) >= 11 is 5.04. The molecule has 16 heavy (non-hydrogen) atoms. The predicted octanol–water partition coefficient (Wildman–Crippen LogP) is 1.60. The average molecular weight is 240 g/mol. The Labute approximate surface area is 102 Å². The minimum Gasteiger partial charge on any atom is -0.370 e. The maximum Gasteiger partial charge on any atom is 0.220 e. The van der Waals surface area contributed by atoms with Gasteiger partial charge < -0.3 is 9.80 Å². The maximum absolute atomic E-state index is 11.6. The van der Waals surface area contributed by atoms with Crippen LogP contribution in [0, 0.1) is 4.51 Å². The molecule has 0 saturated carbocycles. The molecule has 4 heteroatoms. The number of likely N-dealkylation sites (N-methyl/N-ethyl adjacent to an activating group) is 2. The number of anilines is 1. The van der Waals surface area contributed by atoms with E-state index in [1.54, 1.807) is 0 Å². The maximum atomic E-state index is 11.6. The third-order valence-electron chi connectivity index (χ3n) is 3.07. The molecular formula is C12H20N2OS. The van der Waals surface area contributed by atoms with E-state index in [0.29, 0.717) is 4.51 Å². The van der Waals surface area contributed by atoms with Crippen molar-refractivity contribution in [2.24, 2.45) is 0 Å². The van der Waals surface area contributed by atoms with Gasteiger partial charge in [0.15, 0.2) is 0 Å². The topological polar surface area (TPSA) is 23.6 Å². The fraction of sp³-hybridized carbons (Fsp3) is 0.667. The van der Waals surface area contributed by atoms with Crippen molar-refractivity contribution in [3.05, 3.63) is 20.3 Å². The van der Waals surface area contributed by atoms with Gasteiger partial charge in [0.1, 0.15) is 0 Å². The molecule has 0 N–H and O–H groups in total. The van der Waals surface area contributed by atoms with Crippen LogP contribution in [0.1, 0.15) is 19.4 Å². The van der Waals surface area contributed by atoms with Crippen LogP contribution < -0.4 is 10.3 Å². The Morgan fingerprint density at radius 3 is 2.31 bits per heavy atom. The molecule has 0 atom stereocenters. The first-order valence-corrected chi connectivity index (χ1v) is 6.15. The van der Waals surface area contributed by atoms with Gasteiger partial charge in [0, 0.05) is 25.7 Å². The van der Waals surface area contributed by atoms with Gasteiger partial charge in [-0.25, -0.2) is 0 Å². The van der Waals surface area contributed by atoms with Crippen molar-refractivity contribution in [1.82, 2.24) is 4.90 Å². The highest BCUT2D eigenvalue weighted by atomic mass is 32.1. The number of hydrogen-bond acceptors (Lipinski definition) is 4. The molecule has 0 aliphatic rings. The minimum atomic E-state index is 0.0495. The van der Waals surface area contributed by atoms with E-state index >= 15 is 0 Å². The highest BCUT2D eigenvalue weighted by molar-refractivity contribution is 7.71. The third kappa shape index (κ3) is 2.50. The summed E-state index contributed by atoms with van der Waals surface area (Å²) in [6.07, 6.45) is 0.855. The van der Waals surface area contributed by atoms with E-state index in [-0.39, 0.29) is 5.43 Å². The lowest BCUT2D eigenvalue weighted by molar-refractivity contribution is 0.360. The summed E-state index contributed by atoms with van der Waals surface area (Å²) in [5.41, 5.74) is 1.94. The molecule has 0 aromatic heterocycles. The first-order valence-electron chi connectivity index (χ1n) is 5.74. The van der Waals surface area contributed by atoms with Crippen molar-refractivity contribution in [2.45, 2.75) is 20.3 Å². The van der Waals surface area contributed by atoms with Gasteiger partial charge in [0.2, 0.25) is 5.43 Å². The van der Waals surface area contributed by atoms with Gasteiger partial charge in [-0.1, -0.05) is 26.1 Å². The van der Waals surface area contributed by atoms with Crippen LogP contribution in [0.2, 0.25) is 0 Å². The Kier molecular flexibility index (Phi) is 4.62. The van der Waals surface area contributed by atoms with Gasteiger partial charge in [0.25, 0.3) is 0 Å². The fourth-order valence-corrected chi connectivity index (χ4v) is 2.09. The number of nitrogens with zero attached hydrogens (tertiary/aromatic N) is 2. The molecule has 3 nitrogen and oxygen atoms in total. The van der Waals surface area contributed by atoms with Gasteiger partial charge in [-0.3, -0.25) is 4.79 Å². The number of hydrogen-bond donors (Lipinski definition) is 0. The van der Waals surface area contributed by atoms with Crippen LogP contribution in [-0.2, 0) is 6.42 Å². The van der Waals surface area contributed by atoms with Crippen LogP contribution >= 0.6 is 12.2 Å². The van der Waals surface area contributed by atoms with Crippen molar-refractivity contribution in [3.63, 3.8) is 0 Å². The molecular weight excluding hydrogens is 220 g/mol. The van der Waals surface area contributed by atoms with E-state index in [9.17, 15) is 4.79 Å². The lowest BCUT2D eigenvalue weighted by atomic mass is 10.0. The second-order valence-corrected chi connectivity index (χ2v) is 4.56. The van der Waals surface area contributed by atoms with Crippen LogP contribution in [0.3, 0.4) is 0 Å². The van der Waals surface area contributed by atoms with Crippen LogP contribution in [0.5, 0.6) is 0 Å². The Hall–Kier alpha value is -0.740. The summed E-state index contributed by atoms with van der Waals surface area (Å²) in [4.78, 5) is 15.9. The van der Waals surface area contributed by atoms with Crippen LogP contribution in [0.4, 0.5) is 5.69 Å². The van der Waals surface area contributed by atoms with Gasteiger partial charge in [-0.05, 0) is 20.0 Å². The number of rotatable bonds is 6. The van der Waals surface area contributed by atoms with Crippen molar-refractivity contribution in [3.8, 4) is 0 Å². The normalized spacial score (nSPS) is 11.3. The van der Waals surface area contributed by atoms with E-state index in [0.717, 1.165) is 37.3 Å². The Balaban J connectivity index is 2.67. The fourth-order valence-electron chi connectivity index (χ4n) is 1.75. The summed E-state index contributed by atoms with van der Waals surface area (Å²) in [5.74, 6) is 0. The van der Waals surface area contributed by atoms with E-state index in [1.807, 2.05) is 18.9 Å². The summed E-state index contributed by atoms with van der Waals surface area (Å²) in [5, 5.41) is 0. The van der Waals surface area contributed by atoms with Gasteiger partial charge in [0.05, 0.1) is 10.2 Å². The van der Waals surface area contributed by atoms with Crippen LogP contribution in [0.15, 0.2) is 4.79 Å². The molecule has 0 radical (unpaired) electrons. The lowest BCUT2D eigenvalue weighted by Gasteiger charge is -2.25. The molecule has 1 rings (SSSR count). The molecule has 90 valence electrons. The molecule has 0 saturated heterocycles. The zero-order chi connectivity index (χ0) is 12.3. The van der Waals surface area contributed by atoms with E-state index in [2.05, 4.69) is 18.9 Å². The molecule has 0 aliphatic carbocycles. The summed E-state index contributed by atoms with van der Waals surface area (Å²) < 4.78 is 0.535. The van der Waals surface area contributed by atoms with Crippen LogP contribution in [-0.4, -0.2) is 38.6 Å². The Morgan fingerprint density at radius 2 is 1.81 bits per heavy atom. The first kappa shape index (κ1) is 13.3. The SMILES string of the molecule is CCc1c(N(C)CCN(C)CC)c(=O)c1=S. The molecule has 0 fully saturated rings. The Bertz CT molecular complexity index is 421. The quantitative estimate of drug-likeness (QED) is 0.705. The molecule has 0 unspecified atom stereocenters.